The Morgan fingerprint density at radius 2 is 2.04 bits per heavy atom. The largest absolute Gasteiger partial charge is 0.334 e. The van der Waals surface area contributed by atoms with Gasteiger partial charge in [0.2, 0.25) is 0 Å². The lowest BCUT2D eigenvalue weighted by Gasteiger charge is -2.17. The Labute approximate surface area is 151 Å². The molecule has 1 amide bonds. The molecule has 0 saturated carbocycles. The van der Waals surface area contributed by atoms with Gasteiger partial charge in [0.15, 0.2) is 0 Å². The van der Waals surface area contributed by atoms with Crippen LogP contribution in [0, 0.1) is 0 Å². The standard InChI is InChI=1S/C17H13BrClN3O2/c1-22(17(24)12-8-10(18)6-7-13(12)19)9-15-20-14-5-3-2-4-11(14)16(23)21-15/h2-8H,9H2,1H3,(H,20,21,23). The van der Waals surface area contributed by atoms with E-state index in [-0.39, 0.29) is 18.0 Å². The summed E-state index contributed by atoms with van der Waals surface area (Å²) in [6.07, 6.45) is 0. The molecule has 5 nitrogen and oxygen atoms in total. The van der Waals surface area contributed by atoms with Crippen molar-refractivity contribution in [3.05, 3.63) is 73.7 Å². The van der Waals surface area contributed by atoms with Crippen molar-refractivity contribution in [1.29, 1.82) is 0 Å². The number of fused-ring (bicyclic) bond motifs is 1. The molecule has 1 aromatic heterocycles. The minimum Gasteiger partial charge on any atom is -0.334 e. The number of hydrogen-bond acceptors (Lipinski definition) is 3. The van der Waals surface area contributed by atoms with Crippen LogP contribution in [0.4, 0.5) is 0 Å². The number of amides is 1. The highest BCUT2D eigenvalue weighted by Crippen LogP contribution is 2.22. The zero-order valence-electron chi connectivity index (χ0n) is 12.7. The fourth-order valence-corrected chi connectivity index (χ4v) is 2.93. The molecule has 1 heterocycles. The topological polar surface area (TPSA) is 66.1 Å². The van der Waals surface area contributed by atoms with Crippen LogP contribution in [0.1, 0.15) is 16.2 Å². The van der Waals surface area contributed by atoms with Gasteiger partial charge in [-0.2, -0.15) is 0 Å². The van der Waals surface area contributed by atoms with Gasteiger partial charge < -0.3 is 9.88 Å². The minimum absolute atomic E-state index is 0.168. The van der Waals surface area contributed by atoms with Gasteiger partial charge in [0.05, 0.1) is 28.0 Å². The lowest BCUT2D eigenvalue weighted by Crippen LogP contribution is -2.28. The maximum absolute atomic E-state index is 12.6. The third kappa shape index (κ3) is 3.34. The molecule has 0 saturated heterocycles. The quantitative estimate of drug-likeness (QED) is 0.722. The SMILES string of the molecule is CN(Cc1nc2ccccc2c(=O)[nH]1)C(=O)c1cc(Br)ccc1Cl. The van der Waals surface area contributed by atoms with Crippen molar-refractivity contribution in [2.75, 3.05) is 7.05 Å². The Balaban J connectivity index is 1.89. The minimum atomic E-state index is -0.253. The van der Waals surface area contributed by atoms with Gasteiger partial charge in [-0.25, -0.2) is 4.98 Å². The van der Waals surface area contributed by atoms with Crippen molar-refractivity contribution < 1.29 is 4.79 Å². The number of hydrogen-bond donors (Lipinski definition) is 1. The zero-order valence-corrected chi connectivity index (χ0v) is 15.1. The van der Waals surface area contributed by atoms with Crippen LogP contribution in [-0.4, -0.2) is 27.8 Å². The Bertz CT molecular complexity index is 987. The second kappa shape index (κ2) is 6.75. The van der Waals surface area contributed by atoms with E-state index >= 15 is 0 Å². The van der Waals surface area contributed by atoms with Crippen LogP contribution in [0.3, 0.4) is 0 Å². The molecule has 2 aromatic carbocycles. The molecule has 0 fully saturated rings. The smallest absolute Gasteiger partial charge is 0.258 e. The molecule has 0 radical (unpaired) electrons. The number of carbonyl (C=O) groups is 1. The van der Waals surface area contributed by atoms with Crippen LogP contribution >= 0.6 is 27.5 Å². The Kier molecular flexibility index (Phi) is 4.69. The second-order valence-electron chi connectivity index (χ2n) is 5.32. The normalized spacial score (nSPS) is 10.8. The summed E-state index contributed by atoms with van der Waals surface area (Å²) in [7, 11) is 1.63. The molecule has 7 heteroatoms. The molecule has 122 valence electrons. The maximum Gasteiger partial charge on any atom is 0.258 e. The number of aromatic nitrogens is 2. The first kappa shape index (κ1) is 16.7. The average Bonchev–Trinajstić information content (AvgIpc) is 2.56. The van der Waals surface area contributed by atoms with Gasteiger partial charge in [0.25, 0.3) is 11.5 Å². The van der Waals surface area contributed by atoms with Crippen molar-refractivity contribution in [3.63, 3.8) is 0 Å². The molecule has 1 N–H and O–H groups in total. The van der Waals surface area contributed by atoms with Gasteiger partial charge >= 0.3 is 0 Å². The Morgan fingerprint density at radius 3 is 2.83 bits per heavy atom. The summed E-state index contributed by atoms with van der Waals surface area (Å²) < 4.78 is 0.765. The van der Waals surface area contributed by atoms with Gasteiger partial charge in [0.1, 0.15) is 5.82 Å². The molecule has 0 aliphatic heterocycles. The van der Waals surface area contributed by atoms with Crippen LogP contribution in [0.15, 0.2) is 51.7 Å². The van der Waals surface area contributed by atoms with Crippen molar-refractivity contribution >= 4 is 44.3 Å². The summed E-state index contributed by atoms with van der Waals surface area (Å²) in [5.74, 6) is 0.165. The number of halogens is 2. The lowest BCUT2D eigenvalue weighted by atomic mass is 10.2. The monoisotopic (exact) mass is 405 g/mol. The molecule has 0 spiro atoms. The summed E-state index contributed by atoms with van der Waals surface area (Å²) in [5, 5.41) is 0.889. The van der Waals surface area contributed by atoms with Crippen LogP contribution in [0.2, 0.25) is 5.02 Å². The molecule has 3 rings (SSSR count). The number of benzene rings is 2. The fourth-order valence-electron chi connectivity index (χ4n) is 2.37. The Morgan fingerprint density at radius 1 is 1.29 bits per heavy atom. The van der Waals surface area contributed by atoms with Crippen molar-refractivity contribution in [2.24, 2.45) is 0 Å². The number of aromatic amines is 1. The van der Waals surface area contributed by atoms with Gasteiger partial charge in [-0.05, 0) is 30.3 Å². The number of carbonyl (C=O) groups excluding carboxylic acids is 1. The third-order valence-corrected chi connectivity index (χ3v) is 4.38. The summed E-state index contributed by atoms with van der Waals surface area (Å²) >= 11 is 9.43. The van der Waals surface area contributed by atoms with Gasteiger partial charge in [-0.3, -0.25) is 9.59 Å². The number of rotatable bonds is 3. The number of nitrogens with zero attached hydrogens (tertiary/aromatic N) is 2. The molecule has 0 aliphatic carbocycles. The van der Waals surface area contributed by atoms with Gasteiger partial charge in [-0.15, -0.1) is 0 Å². The molecule has 24 heavy (non-hydrogen) atoms. The first-order valence-corrected chi connectivity index (χ1v) is 8.31. The van der Waals surface area contributed by atoms with Gasteiger partial charge in [0, 0.05) is 11.5 Å². The predicted molar refractivity (Wildman–Crippen MR) is 97.3 cm³/mol. The maximum atomic E-state index is 12.6. The first-order chi connectivity index (χ1) is 11.5. The summed E-state index contributed by atoms with van der Waals surface area (Å²) in [6.45, 7) is 0.168. The van der Waals surface area contributed by atoms with E-state index in [1.165, 1.54) is 4.90 Å². The van der Waals surface area contributed by atoms with Crippen molar-refractivity contribution in [1.82, 2.24) is 14.9 Å². The van der Waals surface area contributed by atoms with E-state index < -0.39 is 0 Å². The van der Waals surface area contributed by atoms with E-state index in [2.05, 4.69) is 25.9 Å². The molecular formula is C17H13BrClN3O2. The van der Waals surface area contributed by atoms with Crippen molar-refractivity contribution in [3.8, 4) is 0 Å². The Hall–Kier alpha value is -2.18. The highest BCUT2D eigenvalue weighted by Gasteiger charge is 2.17. The number of H-pyrrole nitrogens is 1. The first-order valence-electron chi connectivity index (χ1n) is 7.14. The molecule has 0 atom stereocenters. The summed E-state index contributed by atoms with van der Waals surface area (Å²) in [4.78, 5) is 33.2. The third-order valence-electron chi connectivity index (χ3n) is 3.55. The molecule has 0 unspecified atom stereocenters. The predicted octanol–water partition coefficient (Wildman–Crippen LogP) is 3.61. The number of nitrogens with one attached hydrogen (secondary N) is 1. The molecule has 0 aliphatic rings. The van der Waals surface area contributed by atoms with Crippen molar-refractivity contribution in [2.45, 2.75) is 6.54 Å². The van der Waals surface area contributed by atoms with Crippen LogP contribution in [-0.2, 0) is 6.54 Å². The lowest BCUT2D eigenvalue weighted by molar-refractivity contribution is 0.0781. The van der Waals surface area contributed by atoms with E-state index in [1.54, 1.807) is 43.4 Å². The fraction of sp³-hybridized carbons (Fsp3) is 0.118. The van der Waals surface area contributed by atoms with E-state index in [4.69, 9.17) is 11.6 Å². The summed E-state index contributed by atoms with van der Waals surface area (Å²) in [5.41, 5.74) is 0.756. The second-order valence-corrected chi connectivity index (χ2v) is 6.64. The average molecular weight is 407 g/mol. The zero-order chi connectivity index (χ0) is 17.3. The number of para-hydroxylation sites is 1. The molecular weight excluding hydrogens is 394 g/mol. The highest BCUT2D eigenvalue weighted by molar-refractivity contribution is 9.10. The van der Waals surface area contributed by atoms with E-state index in [1.807, 2.05) is 6.07 Å². The van der Waals surface area contributed by atoms with Crippen LogP contribution < -0.4 is 5.56 Å². The highest BCUT2D eigenvalue weighted by atomic mass is 79.9. The van der Waals surface area contributed by atoms with Crippen LogP contribution in [0.5, 0.6) is 0 Å². The van der Waals surface area contributed by atoms with E-state index in [9.17, 15) is 9.59 Å². The molecule has 3 aromatic rings. The van der Waals surface area contributed by atoms with Crippen LogP contribution in [0.25, 0.3) is 10.9 Å². The van der Waals surface area contributed by atoms with E-state index in [0.717, 1.165) is 4.47 Å². The molecule has 0 bridgehead atoms. The van der Waals surface area contributed by atoms with E-state index in [0.29, 0.717) is 27.3 Å². The van der Waals surface area contributed by atoms with Gasteiger partial charge in [-0.1, -0.05) is 39.7 Å². The summed E-state index contributed by atoms with van der Waals surface area (Å²) in [6, 6.07) is 12.2.